The molecule has 1 aliphatic rings. The highest BCUT2D eigenvalue weighted by Gasteiger charge is 2.24. The zero-order valence-electron chi connectivity index (χ0n) is 20.0. The van der Waals surface area contributed by atoms with Gasteiger partial charge < -0.3 is 25.8 Å². The van der Waals surface area contributed by atoms with Gasteiger partial charge in [-0.3, -0.25) is 14.3 Å². The smallest absolute Gasteiger partial charge is 0.255 e. The fraction of sp³-hybridized carbons (Fsp3) is 0.333. The molecule has 1 aromatic carbocycles. The summed E-state index contributed by atoms with van der Waals surface area (Å²) in [7, 11) is 5.71. The topological polar surface area (TPSA) is 107 Å². The first-order chi connectivity index (χ1) is 16.8. The van der Waals surface area contributed by atoms with Gasteiger partial charge in [0.2, 0.25) is 5.91 Å². The van der Waals surface area contributed by atoms with Gasteiger partial charge in [-0.15, -0.1) is 0 Å². The van der Waals surface area contributed by atoms with E-state index < -0.39 is 0 Å². The van der Waals surface area contributed by atoms with Crippen LogP contribution >= 0.6 is 11.6 Å². The maximum Gasteiger partial charge on any atom is 0.255 e. The second-order valence-corrected chi connectivity index (χ2v) is 9.10. The lowest BCUT2D eigenvalue weighted by Crippen LogP contribution is -2.34. The fourth-order valence-corrected chi connectivity index (χ4v) is 3.93. The molecule has 4 rings (SSSR count). The van der Waals surface area contributed by atoms with Crippen molar-refractivity contribution >= 4 is 46.3 Å². The molecule has 3 N–H and O–H groups in total. The third kappa shape index (κ3) is 6.09. The molecule has 0 saturated heterocycles. The van der Waals surface area contributed by atoms with Gasteiger partial charge in [0.15, 0.2) is 0 Å². The summed E-state index contributed by atoms with van der Waals surface area (Å²) in [5, 5.41) is 14.0. The van der Waals surface area contributed by atoms with Crippen LogP contribution in [0.3, 0.4) is 0 Å². The molecule has 0 unspecified atom stereocenters. The Labute approximate surface area is 209 Å². The number of halogens is 1. The molecule has 1 aliphatic heterocycles. The van der Waals surface area contributed by atoms with E-state index in [-0.39, 0.29) is 18.4 Å². The van der Waals surface area contributed by atoms with E-state index in [1.165, 1.54) is 6.20 Å². The maximum atomic E-state index is 12.8. The summed E-state index contributed by atoms with van der Waals surface area (Å²) in [6, 6.07) is 7.54. The lowest BCUT2D eigenvalue weighted by atomic mass is 9.97. The highest BCUT2D eigenvalue weighted by Crippen LogP contribution is 2.32. The van der Waals surface area contributed by atoms with E-state index in [1.807, 2.05) is 37.2 Å². The summed E-state index contributed by atoms with van der Waals surface area (Å²) in [5.41, 5.74) is 3.67. The summed E-state index contributed by atoms with van der Waals surface area (Å²) in [4.78, 5) is 32.9. The number of fused-ring (bicyclic) bond motifs is 1. The van der Waals surface area contributed by atoms with E-state index in [0.717, 1.165) is 18.5 Å². The summed E-state index contributed by atoms with van der Waals surface area (Å²) in [6.45, 7) is 2.17. The van der Waals surface area contributed by atoms with Crippen LogP contribution < -0.4 is 16.0 Å². The first-order valence-corrected chi connectivity index (χ1v) is 11.7. The average molecular weight is 497 g/mol. The number of carbonyl (C=O) groups is 2. The first-order valence-electron chi connectivity index (χ1n) is 11.3. The second-order valence-electron chi connectivity index (χ2n) is 8.70. The SMILES string of the molecule is CN(C)CCNC(=O)Cn1cc(Nc2cc(Nc3cccc4c3C(=O)N(C)CC4)c(Cl)cn2)cn1. The van der Waals surface area contributed by atoms with Crippen molar-refractivity contribution in [3.05, 3.63) is 59.0 Å². The van der Waals surface area contributed by atoms with Crippen molar-refractivity contribution in [2.75, 3.05) is 51.4 Å². The minimum atomic E-state index is -0.107. The zero-order chi connectivity index (χ0) is 24.9. The van der Waals surface area contributed by atoms with Gasteiger partial charge in [-0.05, 0) is 32.1 Å². The maximum absolute atomic E-state index is 12.8. The molecular weight excluding hydrogens is 468 g/mol. The Morgan fingerprint density at radius 3 is 2.83 bits per heavy atom. The Morgan fingerprint density at radius 2 is 2.03 bits per heavy atom. The van der Waals surface area contributed by atoms with E-state index in [4.69, 9.17) is 11.6 Å². The normalized spacial score (nSPS) is 13.1. The Bertz CT molecular complexity index is 1230. The Balaban J connectivity index is 1.44. The molecule has 0 aliphatic carbocycles. The van der Waals surface area contributed by atoms with Gasteiger partial charge in [-0.1, -0.05) is 23.7 Å². The second kappa shape index (κ2) is 10.7. The van der Waals surface area contributed by atoms with Gasteiger partial charge in [0.05, 0.1) is 40.0 Å². The summed E-state index contributed by atoms with van der Waals surface area (Å²) in [5.74, 6) is 0.417. The van der Waals surface area contributed by atoms with Crippen LogP contribution in [0.4, 0.5) is 22.9 Å². The van der Waals surface area contributed by atoms with Crippen LogP contribution in [0.25, 0.3) is 0 Å². The molecule has 2 amide bonds. The van der Waals surface area contributed by atoms with Crippen molar-refractivity contribution in [1.29, 1.82) is 0 Å². The van der Waals surface area contributed by atoms with Gasteiger partial charge in [-0.25, -0.2) is 4.98 Å². The average Bonchev–Trinajstić information content (AvgIpc) is 3.25. The highest BCUT2D eigenvalue weighted by molar-refractivity contribution is 6.33. The number of benzene rings is 1. The molecule has 0 fully saturated rings. The first kappa shape index (κ1) is 24.5. The van der Waals surface area contributed by atoms with Crippen LogP contribution in [0, 0.1) is 0 Å². The lowest BCUT2D eigenvalue weighted by molar-refractivity contribution is -0.121. The van der Waals surface area contributed by atoms with E-state index in [0.29, 0.717) is 46.6 Å². The number of likely N-dealkylation sites (N-methyl/N-ethyl adjacent to an activating group) is 2. The Hall–Kier alpha value is -3.63. The van der Waals surface area contributed by atoms with Crippen molar-refractivity contribution in [2.45, 2.75) is 13.0 Å². The number of carbonyl (C=O) groups excluding carboxylic acids is 2. The van der Waals surface area contributed by atoms with Gasteiger partial charge in [0.1, 0.15) is 12.4 Å². The molecule has 0 spiro atoms. The molecule has 0 saturated carbocycles. The lowest BCUT2D eigenvalue weighted by Gasteiger charge is -2.27. The number of aromatic nitrogens is 3. The van der Waals surface area contributed by atoms with Crippen molar-refractivity contribution in [3.63, 3.8) is 0 Å². The molecular formula is C24H29ClN8O2. The van der Waals surface area contributed by atoms with E-state index in [9.17, 15) is 9.59 Å². The largest absolute Gasteiger partial charge is 0.353 e. The van der Waals surface area contributed by atoms with Gasteiger partial charge in [-0.2, -0.15) is 5.10 Å². The van der Waals surface area contributed by atoms with Crippen LogP contribution in [-0.4, -0.2) is 77.2 Å². The van der Waals surface area contributed by atoms with Gasteiger partial charge >= 0.3 is 0 Å². The van der Waals surface area contributed by atoms with Gasteiger partial charge in [0.25, 0.3) is 5.91 Å². The third-order valence-corrected chi connectivity index (χ3v) is 5.95. The molecule has 3 heterocycles. The minimum Gasteiger partial charge on any atom is -0.353 e. The fourth-order valence-electron chi connectivity index (χ4n) is 3.78. The summed E-state index contributed by atoms with van der Waals surface area (Å²) < 4.78 is 1.56. The number of amides is 2. The minimum absolute atomic E-state index is 0.0176. The molecule has 0 radical (unpaired) electrons. The number of pyridine rings is 1. The number of rotatable bonds is 9. The van der Waals surface area contributed by atoms with Crippen LogP contribution in [-0.2, 0) is 17.8 Å². The molecule has 2 aromatic heterocycles. The molecule has 35 heavy (non-hydrogen) atoms. The van der Waals surface area contributed by atoms with Crippen LogP contribution in [0.15, 0.2) is 42.9 Å². The predicted octanol–water partition coefficient (Wildman–Crippen LogP) is 2.72. The van der Waals surface area contributed by atoms with Crippen LogP contribution in [0.5, 0.6) is 0 Å². The van der Waals surface area contributed by atoms with Gasteiger partial charge in [0, 0.05) is 38.9 Å². The van der Waals surface area contributed by atoms with E-state index in [2.05, 4.69) is 26.0 Å². The molecule has 10 nitrogen and oxygen atoms in total. The highest BCUT2D eigenvalue weighted by atomic mass is 35.5. The quantitative estimate of drug-likeness (QED) is 0.418. The third-order valence-electron chi connectivity index (χ3n) is 5.64. The van der Waals surface area contributed by atoms with Crippen LogP contribution in [0.1, 0.15) is 15.9 Å². The number of anilines is 4. The number of hydrogen-bond donors (Lipinski definition) is 3. The number of hydrogen-bond acceptors (Lipinski definition) is 7. The van der Waals surface area contributed by atoms with Crippen molar-refractivity contribution in [2.24, 2.45) is 0 Å². The zero-order valence-corrected chi connectivity index (χ0v) is 20.8. The summed E-state index contributed by atoms with van der Waals surface area (Å²) >= 11 is 6.41. The molecule has 0 bridgehead atoms. The molecule has 184 valence electrons. The number of nitrogens with zero attached hydrogens (tertiary/aromatic N) is 5. The predicted molar refractivity (Wildman–Crippen MR) is 137 cm³/mol. The standard InChI is InChI=1S/C24H29ClN8O2/c1-31(2)10-8-26-22(34)15-33-14-17(12-28-33)29-21-11-20(18(25)13-27-21)30-19-6-4-5-16-7-9-32(3)24(35)23(16)19/h4-6,11-14H,7-10,15H2,1-3H3,(H,26,34)(H2,27,29,30). The molecule has 11 heteroatoms. The Morgan fingerprint density at radius 1 is 1.20 bits per heavy atom. The van der Waals surface area contributed by atoms with Crippen LogP contribution in [0.2, 0.25) is 5.02 Å². The van der Waals surface area contributed by atoms with Crippen molar-refractivity contribution in [1.82, 2.24) is 29.9 Å². The monoisotopic (exact) mass is 496 g/mol. The summed E-state index contributed by atoms with van der Waals surface area (Å²) in [6.07, 6.45) is 5.70. The molecule has 3 aromatic rings. The van der Waals surface area contributed by atoms with E-state index >= 15 is 0 Å². The van der Waals surface area contributed by atoms with Crippen molar-refractivity contribution < 1.29 is 9.59 Å². The van der Waals surface area contributed by atoms with Crippen molar-refractivity contribution in [3.8, 4) is 0 Å². The molecule has 0 atom stereocenters. The van der Waals surface area contributed by atoms with E-state index in [1.54, 1.807) is 35.1 Å². The Kier molecular flexibility index (Phi) is 7.52. The number of nitrogens with one attached hydrogen (secondary N) is 3.